The van der Waals surface area contributed by atoms with Gasteiger partial charge in [-0.25, -0.2) is 9.89 Å². The van der Waals surface area contributed by atoms with Gasteiger partial charge in [-0.05, 0) is 31.1 Å². The number of aromatic nitrogens is 3. The van der Waals surface area contributed by atoms with Crippen LogP contribution in [-0.2, 0) is 11.3 Å². The van der Waals surface area contributed by atoms with Crippen LogP contribution in [0.3, 0.4) is 0 Å². The van der Waals surface area contributed by atoms with Crippen molar-refractivity contribution in [2.24, 2.45) is 11.8 Å². The van der Waals surface area contributed by atoms with Crippen LogP contribution < -0.4 is 5.69 Å². The molecule has 2 fully saturated rings. The van der Waals surface area contributed by atoms with Gasteiger partial charge in [0.2, 0.25) is 5.91 Å². The highest BCUT2D eigenvalue weighted by Gasteiger charge is 2.32. The summed E-state index contributed by atoms with van der Waals surface area (Å²) in [6, 6.07) is 0. The molecule has 1 aromatic rings. The van der Waals surface area contributed by atoms with Gasteiger partial charge in [-0.2, -0.15) is 0 Å². The molecule has 3 rings (SSSR count). The van der Waals surface area contributed by atoms with Crippen molar-refractivity contribution < 1.29 is 4.79 Å². The number of aromatic amines is 1. The lowest BCUT2D eigenvalue weighted by Crippen LogP contribution is -2.45. The van der Waals surface area contributed by atoms with E-state index in [9.17, 15) is 9.59 Å². The highest BCUT2D eigenvalue weighted by atomic mass is 32.2. The van der Waals surface area contributed by atoms with Gasteiger partial charge in [0.25, 0.3) is 0 Å². The number of nitrogens with zero attached hydrogens (tertiary/aromatic N) is 3. The molecule has 6 nitrogen and oxygen atoms in total. The Kier molecular flexibility index (Phi) is 5.46. The average Bonchev–Trinajstić information content (AvgIpc) is 2.93. The zero-order valence-corrected chi connectivity index (χ0v) is 14.6. The molecule has 0 radical (unpaired) electrons. The Balaban J connectivity index is 1.54. The second kappa shape index (κ2) is 7.55. The molecule has 1 aliphatic carbocycles. The molecule has 1 saturated carbocycles. The standard InChI is InChI=1S/C16H26N4O2S/c1-2-8-20-15(22)17-18-16(20)23-11-14(21)19-9-7-12-5-3-4-6-13(12)10-19/h12-13H,2-11H2,1H3,(H,17,22)/t12-,13-/m0/s1. The molecule has 0 spiro atoms. The summed E-state index contributed by atoms with van der Waals surface area (Å²) in [6.45, 7) is 4.47. The Labute approximate surface area is 141 Å². The molecule has 2 aliphatic rings. The third-order valence-corrected chi connectivity index (χ3v) is 6.10. The Morgan fingerprint density at radius 1 is 1.30 bits per heavy atom. The third-order valence-electron chi connectivity index (χ3n) is 5.14. The van der Waals surface area contributed by atoms with Gasteiger partial charge in [-0.15, -0.1) is 5.10 Å². The minimum atomic E-state index is -0.190. The van der Waals surface area contributed by atoms with Gasteiger partial charge in [0.05, 0.1) is 5.75 Å². The van der Waals surface area contributed by atoms with E-state index in [1.54, 1.807) is 4.57 Å². The van der Waals surface area contributed by atoms with Crippen LogP contribution in [0.15, 0.2) is 9.95 Å². The van der Waals surface area contributed by atoms with Gasteiger partial charge in [0.15, 0.2) is 5.16 Å². The Bertz CT molecular complexity index is 597. The summed E-state index contributed by atoms with van der Waals surface area (Å²) < 4.78 is 1.62. The Morgan fingerprint density at radius 3 is 2.87 bits per heavy atom. The number of fused-ring (bicyclic) bond motifs is 1. The number of hydrogen-bond donors (Lipinski definition) is 1. The average molecular weight is 338 g/mol. The molecule has 1 aliphatic heterocycles. The molecule has 0 unspecified atom stereocenters. The van der Waals surface area contributed by atoms with Crippen molar-refractivity contribution in [3.8, 4) is 0 Å². The fourth-order valence-electron chi connectivity index (χ4n) is 3.88. The molecular weight excluding hydrogens is 312 g/mol. The Morgan fingerprint density at radius 2 is 2.09 bits per heavy atom. The van der Waals surface area contributed by atoms with E-state index in [1.165, 1.54) is 37.4 Å². The summed E-state index contributed by atoms with van der Waals surface area (Å²) in [6.07, 6.45) is 7.32. The van der Waals surface area contributed by atoms with E-state index in [0.29, 0.717) is 23.4 Å². The first-order chi connectivity index (χ1) is 11.2. The summed E-state index contributed by atoms with van der Waals surface area (Å²) in [5, 5.41) is 7.13. The van der Waals surface area contributed by atoms with E-state index >= 15 is 0 Å². The van der Waals surface area contributed by atoms with Crippen molar-refractivity contribution >= 4 is 17.7 Å². The van der Waals surface area contributed by atoms with E-state index in [-0.39, 0.29) is 11.6 Å². The highest BCUT2D eigenvalue weighted by Crippen LogP contribution is 2.36. The molecule has 23 heavy (non-hydrogen) atoms. The molecule has 2 heterocycles. The molecule has 128 valence electrons. The molecule has 1 N–H and O–H groups in total. The zero-order valence-electron chi connectivity index (χ0n) is 13.8. The maximum Gasteiger partial charge on any atom is 0.343 e. The SMILES string of the molecule is CCCn1c(SCC(=O)N2CC[C@@H]3CCCC[C@H]3C2)n[nH]c1=O. The summed E-state index contributed by atoms with van der Waals surface area (Å²) in [5.74, 6) is 2.08. The summed E-state index contributed by atoms with van der Waals surface area (Å²) in [5.41, 5.74) is -0.190. The number of carbonyl (C=O) groups is 1. The zero-order chi connectivity index (χ0) is 16.2. The topological polar surface area (TPSA) is 71.0 Å². The molecule has 0 aromatic carbocycles. The first-order valence-corrected chi connectivity index (χ1v) is 9.73. The second-order valence-electron chi connectivity index (χ2n) is 6.68. The van der Waals surface area contributed by atoms with Gasteiger partial charge in [-0.3, -0.25) is 9.36 Å². The first kappa shape index (κ1) is 16.6. The number of piperidine rings is 1. The minimum Gasteiger partial charge on any atom is -0.342 e. The van der Waals surface area contributed by atoms with E-state index in [4.69, 9.17) is 0 Å². The number of thioether (sulfide) groups is 1. The van der Waals surface area contributed by atoms with Crippen molar-refractivity contribution in [3.63, 3.8) is 0 Å². The number of carbonyl (C=O) groups excluding carboxylic acids is 1. The van der Waals surface area contributed by atoms with Crippen LogP contribution in [0.4, 0.5) is 0 Å². The predicted octanol–water partition coefficient (Wildman–Crippen LogP) is 2.11. The van der Waals surface area contributed by atoms with Crippen molar-refractivity contribution in [1.29, 1.82) is 0 Å². The number of hydrogen-bond acceptors (Lipinski definition) is 4. The first-order valence-electron chi connectivity index (χ1n) is 8.74. The van der Waals surface area contributed by atoms with E-state index < -0.39 is 0 Å². The summed E-state index contributed by atoms with van der Waals surface area (Å²) in [4.78, 5) is 26.2. The minimum absolute atomic E-state index is 0.178. The summed E-state index contributed by atoms with van der Waals surface area (Å²) >= 11 is 1.37. The Hall–Kier alpha value is -1.24. The molecule has 1 amide bonds. The second-order valence-corrected chi connectivity index (χ2v) is 7.63. The van der Waals surface area contributed by atoms with E-state index in [2.05, 4.69) is 10.2 Å². The molecule has 7 heteroatoms. The quantitative estimate of drug-likeness (QED) is 0.835. The van der Waals surface area contributed by atoms with Crippen molar-refractivity contribution in [2.45, 2.75) is 57.1 Å². The van der Waals surface area contributed by atoms with Gasteiger partial charge in [0.1, 0.15) is 0 Å². The number of likely N-dealkylation sites (tertiary alicyclic amines) is 1. The lowest BCUT2D eigenvalue weighted by molar-refractivity contribution is -0.131. The number of nitrogens with one attached hydrogen (secondary N) is 1. The van der Waals surface area contributed by atoms with Crippen LogP contribution in [0.5, 0.6) is 0 Å². The van der Waals surface area contributed by atoms with Crippen LogP contribution in [0, 0.1) is 11.8 Å². The van der Waals surface area contributed by atoms with Crippen molar-refractivity contribution in [1.82, 2.24) is 19.7 Å². The molecule has 1 aromatic heterocycles. The van der Waals surface area contributed by atoms with Gasteiger partial charge >= 0.3 is 5.69 Å². The fraction of sp³-hybridized carbons (Fsp3) is 0.812. The number of rotatable bonds is 5. The van der Waals surface area contributed by atoms with Crippen molar-refractivity contribution in [2.75, 3.05) is 18.8 Å². The molecule has 2 atom stereocenters. The van der Waals surface area contributed by atoms with Gasteiger partial charge in [0, 0.05) is 19.6 Å². The lowest BCUT2D eigenvalue weighted by atomic mass is 9.75. The maximum atomic E-state index is 12.5. The molecule has 0 bridgehead atoms. The third kappa shape index (κ3) is 3.82. The van der Waals surface area contributed by atoms with E-state index in [1.807, 2.05) is 11.8 Å². The normalized spacial score (nSPS) is 24.5. The van der Waals surface area contributed by atoms with Crippen molar-refractivity contribution in [3.05, 3.63) is 10.5 Å². The number of H-pyrrole nitrogens is 1. The van der Waals surface area contributed by atoms with Crippen LogP contribution in [0.25, 0.3) is 0 Å². The van der Waals surface area contributed by atoms with Crippen LogP contribution in [-0.4, -0.2) is 44.4 Å². The lowest BCUT2D eigenvalue weighted by Gasteiger charge is -2.41. The van der Waals surface area contributed by atoms with Gasteiger partial charge in [-0.1, -0.05) is 37.9 Å². The highest BCUT2D eigenvalue weighted by molar-refractivity contribution is 7.99. The molecular formula is C16H26N4O2S. The largest absolute Gasteiger partial charge is 0.343 e. The van der Waals surface area contributed by atoms with Crippen LogP contribution in [0.2, 0.25) is 0 Å². The number of amides is 1. The molecule has 1 saturated heterocycles. The van der Waals surface area contributed by atoms with Gasteiger partial charge < -0.3 is 4.90 Å². The summed E-state index contributed by atoms with van der Waals surface area (Å²) in [7, 11) is 0. The van der Waals surface area contributed by atoms with Crippen LogP contribution >= 0.6 is 11.8 Å². The fourth-order valence-corrected chi connectivity index (χ4v) is 4.75. The monoisotopic (exact) mass is 338 g/mol. The maximum absolute atomic E-state index is 12.5. The predicted molar refractivity (Wildman–Crippen MR) is 90.5 cm³/mol. The smallest absolute Gasteiger partial charge is 0.342 e. The van der Waals surface area contributed by atoms with Crippen LogP contribution in [0.1, 0.15) is 45.4 Å². The van der Waals surface area contributed by atoms with E-state index in [0.717, 1.165) is 31.8 Å².